The topological polar surface area (TPSA) is 38.9 Å². The Bertz CT molecular complexity index is 578. The van der Waals surface area contributed by atoms with Crippen LogP contribution in [0.5, 0.6) is 0 Å². The fraction of sp³-hybridized carbons (Fsp3) is 0. The van der Waals surface area contributed by atoms with Crippen LogP contribution in [0.3, 0.4) is 0 Å². The Labute approximate surface area is 99.2 Å². The highest BCUT2D eigenvalue weighted by atomic mass is 32.1. The highest BCUT2D eigenvalue weighted by molar-refractivity contribution is 7.13. The maximum absolute atomic E-state index is 13.2. The SMILES string of the molecule is Nc1nc(/C=C/c2cc(F)c(F)cc2F)cs1. The van der Waals surface area contributed by atoms with E-state index >= 15 is 0 Å². The molecule has 1 heterocycles. The average Bonchev–Trinajstić information content (AvgIpc) is 2.68. The molecule has 88 valence electrons. The molecular formula is C11H7F3N2S. The van der Waals surface area contributed by atoms with Crippen LogP contribution in [0.15, 0.2) is 17.5 Å². The molecule has 0 bridgehead atoms. The predicted octanol–water partition coefficient (Wildman–Crippen LogP) is 3.31. The molecule has 2 aromatic rings. The van der Waals surface area contributed by atoms with Crippen LogP contribution in [0.25, 0.3) is 12.2 Å². The van der Waals surface area contributed by atoms with Crippen molar-refractivity contribution in [3.8, 4) is 0 Å². The van der Waals surface area contributed by atoms with Gasteiger partial charge in [0, 0.05) is 17.0 Å². The Morgan fingerprint density at radius 3 is 2.41 bits per heavy atom. The zero-order valence-electron chi connectivity index (χ0n) is 8.45. The Morgan fingerprint density at radius 2 is 1.76 bits per heavy atom. The van der Waals surface area contributed by atoms with Crippen molar-refractivity contribution >= 4 is 28.6 Å². The van der Waals surface area contributed by atoms with Crippen LogP contribution in [0.2, 0.25) is 0 Å². The Balaban J connectivity index is 2.30. The minimum absolute atomic E-state index is 0.0459. The summed E-state index contributed by atoms with van der Waals surface area (Å²) in [6, 6.07) is 1.29. The van der Waals surface area contributed by atoms with Crippen LogP contribution in [0.1, 0.15) is 11.3 Å². The molecule has 0 aliphatic rings. The van der Waals surface area contributed by atoms with Gasteiger partial charge in [-0.1, -0.05) is 0 Å². The second-order valence-corrected chi connectivity index (χ2v) is 4.12. The number of nitrogen functional groups attached to an aromatic ring is 1. The monoisotopic (exact) mass is 256 g/mol. The number of anilines is 1. The number of thiazole rings is 1. The quantitative estimate of drug-likeness (QED) is 0.837. The van der Waals surface area contributed by atoms with Gasteiger partial charge in [0.2, 0.25) is 0 Å². The molecule has 0 aliphatic carbocycles. The Kier molecular flexibility index (Phi) is 3.14. The highest BCUT2D eigenvalue weighted by Crippen LogP contribution is 2.18. The van der Waals surface area contributed by atoms with Crippen molar-refractivity contribution < 1.29 is 13.2 Å². The molecule has 0 radical (unpaired) electrons. The minimum Gasteiger partial charge on any atom is -0.375 e. The number of rotatable bonds is 2. The van der Waals surface area contributed by atoms with Crippen LogP contribution in [-0.2, 0) is 0 Å². The number of hydrogen-bond donors (Lipinski definition) is 1. The van der Waals surface area contributed by atoms with E-state index in [1.165, 1.54) is 23.5 Å². The van der Waals surface area contributed by atoms with E-state index in [0.717, 1.165) is 6.07 Å². The lowest BCUT2D eigenvalue weighted by atomic mass is 10.2. The molecule has 0 saturated carbocycles. The van der Waals surface area contributed by atoms with Crippen molar-refractivity contribution in [3.63, 3.8) is 0 Å². The van der Waals surface area contributed by atoms with Crippen molar-refractivity contribution in [2.24, 2.45) is 0 Å². The molecule has 1 aromatic heterocycles. The van der Waals surface area contributed by atoms with Gasteiger partial charge >= 0.3 is 0 Å². The Hall–Kier alpha value is -1.82. The summed E-state index contributed by atoms with van der Waals surface area (Å²) in [5.41, 5.74) is 5.90. The van der Waals surface area contributed by atoms with Crippen molar-refractivity contribution in [2.75, 3.05) is 5.73 Å². The molecule has 1 aromatic carbocycles. The molecule has 2 nitrogen and oxygen atoms in total. The minimum atomic E-state index is -1.21. The lowest BCUT2D eigenvalue weighted by Gasteiger charge is -1.98. The summed E-state index contributed by atoms with van der Waals surface area (Å²) >= 11 is 1.24. The molecule has 6 heteroatoms. The molecule has 0 saturated heterocycles. The summed E-state index contributed by atoms with van der Waals surface area (Å²) < 4.78 is 38.8. The number of benzene rings is 1. The van der Waals surface area contributed by atoms with Crippen molar-refractivity contribution in [1.29, 1.82) is 0 Å². The standard InChI is InChI=1S/C11H7F3N2S/c12-8-4-10(14)9(13)3-6(8)1-2-7-5-17-11(15)16-7/h1-5H,(H2,15,16)/b2-1+. The van der Waals surface area contributed by atoms with Gasteiger partial charge in [-0.3, -0.25) is 0 Å². The maximum atomic E-state index is 13.2. The van der Waals surface area contributed by atoms with Crippen LogP contribution in [0.4, 0.5) is 18.3 Å². The third-order valence-corrected chi connectivity index (χ3v) is 2.71. The summed E-state index contributed by atoms with van der Waals surface area (Å²) in [6.07, 6.45) is 2.79. The number of nitrogens with zero attached hydrogens (tertiary/aromatic N) is 1. The zero-order valence-corrected chi connectivity index (χ0v) is 9.27. The van der Waals surface area contributed by atoms with Gasteiger partial charge in [0.05, 0.1) is 5.69 Å². The first kappa shape index (κ1) is 11.7. The fourth-order valence-corrected chi connectivity index (χ4v) is 1.75. The summed E-state index contributed by atoms with van der Waals surface area (Å²) in [5, 5.41) is 2.05. The highest BCUT2D eigenvalue weighted by Gasteiger charge is 2.07. The summed E-state index contributed by atoms with van der Waals surface area (Å²) in [6.45, 7) is 0. The van der Waals surface area contributed by atoms with E-state index in [0.29, 0.717) is 16.9 Å². The first-order valence-corrected chi connectivity index (χ1v) is 5.48. The summed E-state index contributed by atoms with van der Waals surface area (Å²) in [4.78, 5) is 3.91. The van der Waals surface area contributed by atoms with Gasteiger partial charge in [0.25, 0.3) is 0 Å². The second-order valence-electron chi connectivity index (χ2n) is 3.23. The first-order valence-electron chi connectivity index (χ1n) is 4.60. The fourth-order valence-electron chi connectivity index (χ4n) is 1.22. The zero-order chi connectivity index (χ0) is 12.4. The normalized spacial score (nSPS) is 11.2. The third kappa shape index (κ3) is 2.65. The van der Waals surface area contributed by atoms with Gasteiger partial charge in [0.15, 0.2) is 16.8 Å². The van der Waals surface area contributed by atoms with E-state index < -0.39 is 17.5 Å². The number of aromatic nitrogens is 1. The van der Waals surface area contributed by atoms with Gasteiger partial charge < -0.3 is 5.73 Å². The van der Waals surface area contributed by atoms with Crippen LogP contribution in [0, 0.1) is 17.5 Å². The summed E-state index contributed by atoms with van der Waals surface area (Å²) in [7, 11) is 0. The predicted molar refractivity (Wildman–Crippen MR) is 61.8 cm³/mol. The first-order chi connectivity index (χ1) is 8.06. The molecule has 0 spiro atoms. The van der Waals surface area contributed by atoms with Gasteiger partial charge in [-0.2, -0.15) is 0 Å². The molecule has 2 N–H and O–H groups in total. The number of nitrogens with two attached hydrogens (primary N) is 1. The molecule has 0 fully saturated rings. The number of hydrogen-bond acceptors (Lipinski definition) is 3. The van der Waals surface area contributed by atoms with E-state index in [1.807, 2.05) is 0 Å². The lowest BCUT2D eigenvalue weighted by Crippen LogP contribution is -1.90. The van der Waals surface area contributed by atoms with Crippen molar-refractivity contribution in [2.45, 2.75) is 0 Å². The molecular weight excluding hydrogens is 249 g/mol. The number of halogens is 3. The van der Waals surface area contributed by atoms with Crippen LogP contribution in [-0.4, -0.2) is 4.98 Å². The molecule has 17 heavy (non-hydrogen) atoms. The van der Waals surface area contributed by atoms with E-state index in [4.69, 9.17) is 5.73 Å². The van der Waals surface area contributed by atoms with E-state index in [1.54, 1.807) is 5.38 Å². The Morgan fingerprint density at radius 1 is 1.06 bits per heavy atom. The van der Waals surface area contributed by atoms with Gasteiger partial charge in [-0.25, -0.2) is 18.2 Å². The van der Waals surface area contributed by atoms with Crippen molar-refractivity contribution in [1.82, 2.24) is 4.98 Å². The van der Waals surface area contributed by atoms with Gasteiger partial charge in [-0.05, 0) is 18.2 Å². The van der Waals surface area contributed by atoms with Gasteiger partial charge in [0.1, 0.15) is 5.82 Å². The molecule has 2 rings (SSSR count). The van der Waals surface area contributed by atoms with E-state index in [9.17, 15) is 13.2 Å². The second kappa shape index (κ2) is 4.58. The lowest BCUT2D eigenvalue weighted by molar-refractivity contribution is 0.494. The largest absolute Gasteiger partial charge is 0.375 e. The molecule has 0 unspecified atom stereocenters. The molecule has 0 aliphatic heterocycles. The average molecular weight is 256 g/mol. The molecule has 0 amide bonds. The maximum Gasteiger partial charge on any atom is 0.180 e. The molecule has 0 atom stereocenters. The van der Waals surface area contributed by atoms with Crippen molar-refractivity contribution in [3.05, 3.63) is 46.2 Å². The third-order valence-electron chi connectivity index (χ3n) is 2.01. The van der Waals surface area contributed by atoms with E-state index in [2.05, 4.69) is 4.98 Å². The summed E-state index contributed by atoms with van der Waals surface area (Å²) in [5.74, 6) is -3.13. The van der Waals surface area contributed by atoms with Crippen LogP contribution < -0.4 is 5.73 Å². The van der Waals surface area contributed by atoms with Gasteiger partial charge in [-0.15, -0.1) is 11.3 Å². The van der Waals surface area contributed by atoms with E-state index in [-0.39, 0.29) is 5.56 Å². The smallest absolute Gasteiger partial charge is 0.180 e. The van der Waals surface area contributed by atoms with Crippen LogP contribution >= 0.6 is 11.3 Å².